The summed E-state index contributed by atoms with van der Waals surface area (Å²) in [5.41, 5.74) is 1.91. The van der Waals surface area contributed by atoms with Gasteiger partial charge in [-0.3, -0.25) is 9.89 Å². The Bertz CT molecular complexity index is 787. The van der Waals surface area contributed by atoms with Crippen LogP contribution in [0.15, 0.2) is 24.4 Å². The van der Waals surface area contributed by atoms with Gasteiger partial charge in [-0.05, 0) is 18.1 Å². The van der Waals surface area contributed by atoms with E-state index in [0.717, 1.165) is 16.5 Å². The highest BCUT2D eigenvalue weighted by Gasteiger charge is 2.37. The van der Waals surface area contributed by atoms with Gasteiger partial charge in [-0.25, -0.2) is 0 Å². The molecule has 1 aromatic carbocycles. The van der Waals surface area contributed by atoms with E-state index in [-0.39, 0.29) is 18.9 Å². The van der Waals surface area contributed by atoms with Crippen molar-refractivity contribution in [2.45, 2.75) is 18.1 Å². The van der Waals surface area contributed by atoms with E-state index < -0.39 is 15.5 Å². The van der Waals surface area contributed by atoms with Crippen LogP contribution in [0.25, 0.3) is 10.9 Å². The average Bonchev–Trinajstić information content (AvgIpc) is 3.01. The minimum absolute atomic E-state index is 0.0655. The number of nitrogens with zero attached hydrogens (tertiary/aromatic N) is 2. The van der Waals surface area contributed by atoms with Crippen LogP contribution in [0.2, 0.25) is 0 Å². The molecule has 1 aliphatic rings. The Balaban J connectivity index is 1.66. The molecule has 0 aliphatic carbocycles. The summed E-state index contributed by atoms with van der Waals surface area (Å²) in [6, 6.07) is 5.79. The zero-order valence-corrected chi connectivity index (χ0v) is 11.9. The molecule has 6 nitrogen and oxygen atoms in total. The summed E-state index contributed by atoms with van der Waals surface area (Å²) in [7, 11) is -4.65. The van der Waals surface area contributed by atoms with Crippen LogP contribution in [0.1, 0.15) is 12.0 Å². The molecule has 1 N–H and O–H groups in total. The highest BCUT2D eigenvalue weighted by molar-refractivity contribution is 7.87. The lowest BCUT2D eigenvalue weighted by Gasteiger charge is -2.15. The normalized spacial score (nSPS) is 19.6. The fourth-order valence-electron chi connectivity index (χ4n) is 2.54. The topological polar surface area (TPSA) is 83.1 Å². The summed E-state index contributed by atoms with van der Waals surface area (Å²) >= 11 is 0. The summed E-state index contributed by atoms with van der Waals surface area (Å²) in [6.07, 6.45) is 2.04. The zero-order valence-electron chi connectivity index (χ0n) is 11.1. The van der Waals surface area contributed by atoms with Gasteiger partial charge in [0.2, 0.25) is 5.91 Å². The molecular weight excluding hydrogens is 297 g/mol. The van der Waals surface area contributed by atoms with Crippen molar-refractivity contribution in [3.05, 3.63) is 30.0 Å². The number of rotatable bonds is 4. The van der Waals surface area contributed by atoms with Crippen LogP contribution in [0.5, 0.6) is 0 Å². The van der Waals surface area contributed by atoms with Crippen LogP contribution >= 0.6 is 0 Å². The second kappa shape index (κ2) is 5.10. The number of fused-ring (bicyclic) bond motifs is 1. The van der Waals surface area contributed by atoms with Crippen molar-refractivity contribution in [3.63, 3.8) is 0 Å². The maximum atomic E-state index is 12.9. The van der Waals surface area contributed by atoms with Gasteiger partial charge in [0.05, 0.1) is 11.7 Å². The van der Waals surface area contributed by atoms with Crippen molar-refractivity contribution >= 4 is 27.0 Å². The summed E-state index contributed by atoms with van der Waals surface area (Å²) in [5.74, 6) is -0.316. The SMILES string of the molecule is O=C1CC(S(=O)(=O)F)CN1CCc1ccc2cn[nH]c2c1. The first kappa shape index (κ1) is 14.0. The van der Waals surface area contributed by atoms with Crippen molar-refractivity contribution in [3.8, 4) is 0 Å². The number of amides is 1. The smallest absolute Gasteiger partial charge is 0.307 e. The first-order valence-electron chi connectivity index (χ1n) is 6.57. The number of aromatic nitrogens is 2. The standard InChI is InChI=1S/C13H14FN3O3S/c14-21(19,20)11-6-13(18)17(8-11)4-3-9-1-2-10-7-15-16-12(10)5-9/h1-2,5,7,11H,3-4,6,8H2,(H,15,16). The minimum atomic E-state index is -4.65. The summed E-state index contributed by atoms with van der Waals surface area (Å²) in [6.45, 7) is 0.314. The highest BCUT2D eigenvalue weighted by atomic mass is 32.3. The van der Waals surface area contributed by atoms with Crippen molar-refractivity contribution < 1.29 is 17.1 Å². The lowest BCUT2D eigenvalue weighted by molar-refractivity contribution is -0.127. The van der Waals surface area contributed by atoms with E-state index >= 15 is 0 Å². The number of carbonyl (C=O) groups is 1. The van der Waals surface area contributed by atoms with E-state index in [2.05, 4.69) is 10.2 Å². The fraction of sp³-hybridized carbons (Fsp3) is 0.385. The maximum absolute atomic E-state index is 12.9. The first-order chi connectivity index (χ1) is 9.93. The Morgan fingerprint density at radius 2 is 2.24 bits per heavy atom. The number of nitrogens with one attached hydrogen (secondary N) is 1. The lowest BCUT2D eigenvalue weighted by atomic mass is 10.1. The van der Waals surface area contributed by atoms with Crippen LogP contribution < -0.4 is 0 Å². The first-order valence-corrected chi connectivity index (χ1v) is 8.01. The van der Waals surface area contributed by atoms with Gasteiger partial charge in [0, 0.05) is 24.9 Å². The molecule has 21 heavy (non-hydrogen) atoms. The average molecular weight is 311 g/mol. The molecule has 1 aromatic heterocycles. The maximum Gasteiger partial charge on any atom is 0.307 e. The third-order valence-electron chi connectivity index (χ3n) is 3.75. The molecule has 8 heteroatoms. The quantitative estimate of drug-likeness (QED) is 0.854. The summed E-state index contributed by atoms with van der Waals surface area (Å²) in [5, 5.41) is 6.57. The van der Waals surface area contributed by atoms with Crippen LogP contribution in [-0.4, -0.2) is 47.8 Å². The van der Waals surface area contributed by atoms with Crippen molar-refractivity contribution in [2.24, 2.45) is 0 Å². The van der Waals surface area contributed by atoms with Crippen molar-refractivity contribution in [1.82, 2.24) is 15.1 Å². The molecule has 1 saturated heterocycles. The number of benzene rings is 1. The van der Waals surface area contributed by atoms with Crippen LogP contribution in [0.3, 0.4) is 0 Å². The van der Waals surface area contributed by atoms with E-state index in [1.54, 1.807) is 6.20 Å². The van der Waals surface area contributed by atoms with Gasteiger partial charge >= 0.3 is 10.2 Å². The number of halogens is 1. The third-order valence-corrected chi connectivity index (χ3v) is 4.87. The van der Waals surface area contributed by atoms with E-state index in [9.17, 15) is 17.1 Å². The van der Waals surface area contributed by atoms with E-state index in [0.29, 0.717) is 13.0 Å². The summed E-state index contributed by atoms with van der Waals surface area (Å²) in [4.78, 5) is 13.1. The molecule has 112 valence electrons. The van der Waals surface area contributed by atoms with Crippen LogP contribution in [0, 0.1) is 0 Å². The lowest BCUT2D eigenvalue weighted by Crippen LogP contribution is -2.29. The molecule has 0 bridgehead atoms. The molecule has 1 amide bonds. The monoisotopic (exact) mass is 311 g/mol. The highest BCUT2D eigenvalue weighted by Crippen LogP contribution is 2.20. The number of carbonyl (C=O) groups excluding carboxylic acids is 1. The molecule has 1 unspecified atom stereocenters. The Hall–Kier alpha value is -1.96. The molecule has 1 fully saturated rings. The van der Waals surface area contributed by atoms with Gasteiger partial charge < -0.3 is 4.90 Å². The number of aromatic amines is 1. The van der Waals surface area contributed by atoms with E-state index in [1.807, 2.05) is 18.2 Å². The molecule has 0 saturated carbocycles. The predicted molar refractivity (Wildman–Crippen MR) is 74.8 cm³/mol. The van der Waals surface area contributed by atoms with Gasteiger partial charge in [-0.1, -0.05) is 12.1 Å². The molecule has 1 aliphatic heterocycles. The van der Waals surface area contributed by atoms with Gasteiger partial charge in [0.1, 0.15) is 5.25 Å². The molecular formula is C13H14FN3O3S. The number of hydrogen-bond acceptors (Lipinski definition) is 4. The number of hydrogen-bond donors (Lipinski definition) is 1. The second-order valence-corrected chi connectivity index (χ2v) is 6.80. The molecule has 2 heterocycles. The fourth-order valence-corrected chi connectivity index (χ4v) is 3.24. The molecule has 0 spiro atoms. The van der Waals surface area contributed by atoms with Gasteiger partial charge in [0.15, 0.2) is 0 Å². The number of H-pyrrole nitrogens is 1. The Morgan fingerprint density at radius 1 is 1.43 bits per heavy atom. The molecule has 0 radical (unpaired) electrons. The molecule has 2 aromatic rings. The van der Waals surface area contributed by atoms with Crippen LogP contribution in [0.4, 0.5) is 3.89 Å². The van der Waals surface area contributed by atoms with Gasteiger partial charge in [-0.15, -0.1) is 3.89 Å². The Morgan fingerprint density at radius 3 is 2.95 bits per heavy atom. The largest absolute Gasteiger partial charge is 0.341 e. The van der Waals surface area contributed by atoms with Crippen molar-refractivity contribution in [1.29, 1.82) is 0 Å². The second-order valence-electron chi connectivity index (χ2n) is 5.18. The number of likely N-dealkylation sites (tertiary alicyclic amines) is 1. The predicted octanol–water partition coefficient (Wildman–Crippen LogP) is 1.01. The molecule has 1 atom stereocenters. The minimum Gasteiger partial charge on any atom is -0.341 e. The van der Waals surface area contributed by atoms with Crippen LogP contribution in [-0.2, 0) is 21.4 Å². The van der Waals surface area contributed by atoms with Crippen molar-refractivity contribution in [2.75, 3.05) is 13.1 Å². The zero-order chi connectivity index (χ0) is 15.0. The van der Waals surface area contributed by atoms with E-state index in [4.69, 9.17) is 0 Å². The Kier molecular flexibility index (Phi) is 3.40. The Labute approximate surface area is 121 Å². The third kappa shape index (κ3) is 2.90. The van der Waals surface area contributed by atoms with Gasteiger partial charge in [-0.2, -0.15) is 13.5 Å². The van der Waals surface area contributed by atoms with E-state index in [1.165, 1.54) is 4.90 Å². The van der Waals surface area contributed by atoms with Gasteiger partial charge in [0.25, 0.3) is 0 Å². The molecule has 3 rings (SSSR count). The summed E-state index contributed by atoms with van der Waals surface area (Å²) < 4.78 is 34.6.